The lowest BCUT2D eigenvalue weighted by Crippen LogP contribution is -2.29. The first-order valence-corrected chi connectivity index (χ1v) is 11.3. The van der Waals surface area contributed by atoms with Gasteiger partial charge in [-0.15, -0.1) is 0 Å². The molecule has 1 heterocycles. The molecule has 1 aromatic heterocycles. The SMILES string of the molecule is CN(C)c1ccc2c(c1)-c1c(c(C(=O)C(C#N)C(=O)Nc3ccccc3)nn1-c1ccccc1)C2. The third-order valence-corrected chi connectivity index (χ3v) is 6.14. The van der Waals surface area contributed by atoms with Gasteiger partial charge in [-0.1, -0.05) is 42.5 Å². The van der Waals surface area contributed by atoms with Crippen LogP contribution in [0.15, 0.2) is 78.9 Å². The first-order valence-electron chi connectivity index (χ1n) is 11.3. The quantitative estimate of drug-likeness (QED) is 0.298. The zero-order chi connectivity index (χ0) is 24.5. The Morgan fingerprint density at radius 1 is 1.03 bits per heavy atom. The summed E-state index contributed by atoms with van der Waals surface area (Å²) in [5.41, 5.74) is 6.12. The average molecular weight is 462 g/mol. The van der Waals surface area contributed by atoms with Crippen molar-refractivity contribution >= 4 is 23.1 Å². The Bertz CT molecular complexity index is 1470. The Kier molecular flexibility index (Phi) is 5.63. The number of aromatic nitrogens is 2. The molecule has 7 nitrogen and oxygen atoms in total. The van der Waals surface area contributed by atoms with Crippen molar-refractivity contribution in [2.45, 2.75) is 6.42 Å². The summed E-state index contributed by atoms with van der Waals surface area (Å²) in [5.74, 6) is -2.79. The summed E-state index contributed by atoms with van der Waals surface area (Å²) in [5, 5.41) is 17.1. The maximum Gasteiger partial charge on any atom is 0.249 e. The van der Waals surface area contributed by atoms with Gasteiger partial charge in [0.15, 0.2) is 5.92 Å². The number of rotatable bonds is 6. The van der Waals surface area contributed by atoms with Crippen LogP contribution in [0.1, 0.15) is 21.6 Å². The molecule has 0 saturated carbocycles. The number of nitriles is 1. The van der Waals surface area contributed by atoms with Crippen LogP contribution in [0.4, 0.5) is 11.4 Å². The fourth-order valence-corrected chi connectivity index (χ4v) is 4.37. The number of anilines is 2. The molecule has 1 aliphatic carbocycles. The van der Waals surface area contributed by atoms with Crippen LogP contribution in [0.2, 0.25) is 0 Å². The molecule has 1 unspecified atom stereocenters. The minimum atomic E-state index is -1.51. The molecule has 0 spiro atoms. The van der Waals surface area contributed by atoms with Crippen molar-refractivity contribution in [1.82, 2.24) is 9.78 Å². The Morgan fingerprint density at radius 3 is 2.37 bits per heavy atom. The van der Waals surface area contributed by atoms with Gasteiger partial charge in [0.05, 0.1) is 17.5 Å². The highest BCUT2D eigenvalue weighted by Crippen LogP contribution is 2.42. The number of ketones is 1. The van der Waals surface area contributed by atoms with E-state index in [0.29, 0.717) is 12.1 Å². The molecule has 0 aliphatic heterocycles. The van der Waals surface area contributed by atoms with Gasteiger partial charge >= 0.3 is 0 Å². The number of para-hydroxylation sites is 2. The lowest BCUT2D eigenvalue weighted by molar-refractivity contribution is -0.117. The van der Waals surface area contributed by atoms with Gasteiger partial charge < -0.3 is 10.2 Å². The third kappa shape index (κ3) is 3.96. The Labute approximate surface area is 203 Å². The molecule has 1 amide bonds. The molecular weight excluding hydrogens is 438 g/mol. The van der Waals surface area contributed by atoms with Crippen molar-refractivity contribution in [3.63, 3.8) is 0 Å². The summed E-state index contributed by atoms with van der Waals surface area (Å²) in [6, 6.07) is 26.4. The lowest BCUT2D eigenvalue weighted by Gasteiger charge is -2.15. The predicted octanol–water partition coefficient (Wildman–Crippen LogP) is 4.47. The minimum absolute atomic E-state index is 0.154. The molecule has 4 aromatic rings. The van der Waals surface area contributed by atoms with Gasteiger partial charge in [-0.25, -0.2) is 4.68 Å². The second kappa shape index (κ2) is 8.92. The molecular formula is C28H23N5O2. The number of carbonyl (C=O) groups excluding carboxylic acids is 2. The molecule has 172 valence electrons. The molecule has 1 atom stereocenters. The van der Waals surface area contributed by atoms with Crippen LogP contribution in [-0.4, -0.2) is 35.6 Å². The predicted molar refractivity (Wildman–Crippen MR) is 135 cm³/mol. The number of nitrogens with one attached hydrogen (secondary N) is 1. The number of Topliss-reactive ketones (excluding diaryl/α,β-unsaturated/α-hetero) is 1. The first kappa shape index (κ1) is 22.1. The van der Waals surface area contributed by atoms with Gasteiger partial charge in [0.2, 0.25) is 11.7 Å². The normalized spacial score (nSPS) is 12.3. The summed E-state index contributed by atoms with van der Waals surface area (Å²) in [6.07, 6.45) is 0.505. The average Bonchev–Trinajstić information content (AvgIpc) is 3.42. The Morgan fingerprint density at radius 2 is 1.71 bits per heavy atom. The van der Waals surface area contributed by atoms with Crippen LogP contribution >= 0.6 is 0 Å². The van der Waals surface area contributed by atoms with E-state index >= 15 is 0 Å². The summed E-state index contributed by atoms with van der Waals surface area (Å²) >= 11 is 0. The van der Waals surface area contributed by atoms with Gasteiger partial charge in [0.1, 0.15) is 5.69 Å². The number of amides is 1. The number of carbonyl (C=O) groups is 2. The van der Waals surface area contributed by atoms with Gasteiger partial charge in [0, 0.05) is 43.0 Å². The van der Waals surface area contributed by atoms with Crippen LogP contribution in [0.25, 0.3) is 16.9 Å². The highest BCUT2D eigenvalue weighted by Gasteiger charge is 2.36. The van der Waals surface area contributed by atoms with E-state index in [1.165, 1.54) is 0 Å². The largest absolute Gasteiger partial charge is 0.378 e. The topological polar surface area (TPSA) is 91.0 Å². The summed E-state index contributed by atoms with van der Waals surface area (Å²) in [4.78, 5) is 28.5. The fraction of sp³-hybridized carbons (Fsp3) is 0.143. The highest BCUT2D eigenvalue weighted by atomic mass is 16.2. The van der Waals surface area contributed by atoms with E-state index < -0.39 is 17.6 Å². The highest BCUT2D eigenvalue weighted by molar-refractivity contribution is 6.16. The van der Waals surface area contributed by atoms with Crippen molar-refractivity contribution in [1.29, 1.82) is 5.26 Å². The van der Waals surface area contributed by atoms with Crippen LogP contribution in [0.5, 0.6) is 0 Å². The van der Waals surface area contributed by atoms with Gasteiger partial charge in [0.25, 0.3) is 0 Å². The molecule has 1 aliphatic rings. The number of hydrogen-bond donors (Lipinski definition) is 1. The smallest absolute Gasteiger partial charge is 0.249 e. The maximum atomic E-state index is 13.6. The molecule has 7 heteroatoms. The number of hydrogen-bond acceptors (Lipinski definition) is 5. The zero-order valence-electron chi connectivity index (χ0n) is 19.4. The molecule has 3 aromatic carbocycles. The van der Waals surface area contributed by atoms with Gasteiger partial charge in [-0.2, -0.15) is 10.4 Å². The van der Waals surface area contributed by atoms with Crippen molar-refractivity contribution in [3.8, 4) is 23.0 Å². The second-order valence-corrected chi connectivity index (χ2v) is 8.62. The van der Waals surface area contributed by atoms with E-state index in [1.807, 2.05) is 67.5 Å². The first-order chi connectivity index (χ1) is 17.0. The van der Waals surface area contributed by atoms with E-state index in [4.69, 9.17) is 0 Å². The summed E-state index contributed by atoms with van der Waals surface area (Å²) < 4.78 is 1.75. The van der Waals surface area contributed by atoms with E-state index in [-0.39, 0.29) is 5.69 Å². The number of benzene rings is 3. The molecule has 35 heavy (non-hydrogen) atoms. The zero-order valence-corrected chi connectivity index (χ0v) is 19.4. The number of nitrogens with zero attached hydrogens (tertiary/aromatic N) is 4. The maximum absolute atomic E-state index is 13.6. The van der Waals surface area contributed by atoms with Crippen LogP contribution < -0.4 is 10.2 Å². The lowest BCUT2D eigenvalue weighted by atomic mass is 9.98. The van der Waals surface area contributed by atoms with E-state index in [2.05, 4.69) is 22.5 Å². The molecule has 5 rings (SSSR count). The summed E-state index contributed by atoms with van der Waals surface area (Å²) in [7, 11) is 3.95. The van der Waals surface area contributed by atoms with Gasteiger partial charge in [-0.05, 0) is 42.0 Å². The van der Waals surface area contributed by atoms with Crippen LogP contribution in [0, 0.1) is 17.2 Å². The van der Waals surface area contributed by atoms with Crippen molar-refractivity contribution in [2.75, 3.05) is 24.3 Å². The number of fused-ring (bicyclic) bond motifs is 3. The monoisotopic (exact) mass is 461 g/mol. The van der Waals surface area contributed by atoms with Crippen molar-refractivity contribution in [3.05, 3.63) is 95.7 Å². The molecule has 0 fully saturated rings. The minimum Gasteiger partial charge on any atom is -0.378 e. The second-order valence-electron chi connectivity index (χ2n) is 8.62. The van der Waals surface area contributed by atoms with E-state index in [0.717, 1.165) is 33.8 Å². The third-order valence-electron chi connectivity index (χ3n) is 6.14. The molecule has 0 radical (unpaired) electrons. The van der Waals surface area contributed by atoms with Crippen LogP contribution in [-0.2, 0) is 11.2 Å². The van der Waals surface area contributed by atoms with E-state index in [1.54, 1.807) is 28.9 Å². The summed E-state index contributed by atoms with van der Waals surface area (Å²) in [6.45, 7) is 0. The molecule has 1 N–H and O–H groups in total. The van der Waals surface area contributed by atoms with Gasteiger partial charge in [-0.3, -0.25) is 9.59 Å². The van der Waals surface area contributed by atoms with Crippen molar-refractivity contribution < 1.29 is 9.59 Å². The standard InChI is InChI=1S/C28H23N5O2/c1-32(2)21-14-13-18-15-23-25(27(34)24(17-29)28(35)30-19-9-5-3-6-10-19)31-33(26(23)22(18)16-21)20-11-7-4-8-12-20/h3-14,16,24H,15H2,1-2H3,(H,30,35). The van der Waals surface area contributed by atoms with Crippen molar-refractivity contribution in [2.24, 2.45) is 5.92 Å². The van der Waals surface area contributed by atoms with Crippen LogP contribution in [0.3, 0.4) is 0 Å². The van der Waals surface area contributed by atoms with E-state index in [9.17, 15) is 14.9 Å². The Balaban J connectivity index is 1.59. The fourth-order valence-electron chi connectivity index (χ4n) is 4.37. The molecule has 0 saturated heterocycles. The Hall–Kier alpha value is -4.70. The molecule has 0 bridgehead atoms.